The van der Waals surface area contributed by atoms with Crippen LogP contribution in [-0.2, 0) is 0 Å². The van der Waals surface area contributed by atoms with Crippen molar-refractivity contribution in [2.45, 2.75) is 0 Å². The third-order valence-corrected chi connectivity index (χ3v) is 3.09. The van der Waals surface area contributed by atoms with Crippen LogP contribution < -0.4 is 226 Å². The molecule has 0 spiro atoms. The Morgan fingerprint density at radius 3 is 0.656 bits per heavy atom. The smallest absolute Gasteiger partial charge is 0.872 e. The Bertz CT molecular complexity index is 834. The summed E-state index contributed by atoms with van der Waals surface area (Å²) in [5.41, 5.74) is -2.89. The Balaban J connectivity index is -0.000000218. The number of hydrogen-bond donors (Lipinski definition) is 4. The van der Waals surface area contributed by atoms with Crippen molar-refractivity contribution in [1.82, 2.24) is 0 Å². The molecule has 148 valence electrons. The van der Waals surface area contributed by atoms with E-state index in [-0.39, 0.29) is 206 Å². The van der Waals surface area contributed by atoms with Gasteiger partial charge in [-0.2, -0.15) is 0 Å². The van der Waals surface area contributed by atoms with Crippen LogP contribution in [0.2, 0.25) is 0 Å². The molecule has 0 aliphatic heterocycles. The zero-order chi connectivity index (χ0) is 21.8. The molecule has 0 saturated carbocycles. The van der Waals surface area contributed by atoms with Crippen molar-refractivity contribution < 1.29 is 266 Å². The van der Waals surface area contributed by atoms with E-state index in [0.29, 0.717) is 24.3 Å². The second-order valence-corrected chi connectivity index (χ2v) is 4.91. The van der Waals surface area contributed by atoms with E-state index in [0.717, 1.165) is 0 Å². The van der Waals surface area contributed by atoms with E-state index >= 15 is 0 Å². The number of carboxylic acids is 4. The summed E-state index contributed by atoms with van der Waals surface area (Å²) >= 11 is 0. The van der Waals surface area contributed by atoms with Gasteiger partial charge in [0.25, 0.3) is 0 Å². The van der Waals surface area contributed by atoms with Crippen LogP contribution in [0, 0.1) is 0 Å². The topological polar surface area (TPSA) is 241 Å². The zero-order valence-corrected chi connectivity index (χ0v) is 29.9. The summed E-state index contributed by atoms with van der Waals surface area (Å²) in [5, 5.41) is 77.6. The number of hydrogen-bond acceptors (Lipinski definition) is 8. The molecule has 16 heteroatoms. The number of carbonyl (C=O) groups is 4. The van der Waals surface area contributed by atoms with E-state index in [4.69, 9.17) is 20.4 Å². The molecule has 0 aliphatic rings. The van der Waals surface area contributed by atoms with E-state index in [1.165, 1.54) is 0 Å². The molecule has 4 N–H and O–H groups in total. The van der Waals surface area contributed by atoms with Crippen LogP contribution in [0.15, 0.2) is 24.3 Å². The molecule has 2 aromatic rings. The van der Waals surface area contributed by atoms with Gasteiger partial charge >= 0.3 is 229 Å². The normalized spacial score (nSPS) is 8.50. The van der Waals surface area contributed by atoms with Crippen molar-refractivity contribution >= 4 is 23.9 Å². The van der Waals surface area contributed by atoms with E-state index in [1.54, 1.807) is 0 Å². The van der Waals surface area contributed by atoms with Crippen molar-refractivity contribution in [3.63, 3.8) is 0 Å². The standard InChI is InChI=1S/2C8H6O6.4K/c2*9-5-1-3(7(11)12)6(10)2-4(5)8(13)14;;;;/h2*1-2,9-10H,(H,11,12)(H,13,14);;;;/q;;4*+1/p-4. The zero-order valence-electron chi connectivity index (χ0n) is 17.4. The molecule has 0 fully saturated rings. The van der Waals surface area contributed by atoms with Crippen LogP contribution in [0.3, 0.4) is 0 Å². The third kappa shape index (κ3) is 12.3. The van der Waals surface area contributed by atoms with Crippen LogP contribution in [0.1, 0.15) is 41.4 Å². The van der Waals surface area contributed by atoms with E-state index < -0.39 is 69.1 Å². The summed E-state index contributed by atoms with van der Waals surface area (Å²) < 4.78 is 0. The molecule has 0 saturated heterocycles. The largest absolute Gasteiger partial charge is 1.00 e. The van der Waals surface area contributed by atoms with Crippen LogP contribution >= 0.6 is 0 Å². The van der Waals surface area contributed by atoms with Crippen molar-refractivity contribution in [1.29, 1.82) is 0 Å². The molecule has 0 aliphatic carbocycles. The fraction of sp³-hybridized carbons (Fsp3) is 0. The van der Waals surface area contributed by atoms with Crippen molar-refractivity contribution in [2.75, 3.05) is 0 Å². The molecule has 0 aromatic heterocycles. The minimum absolute atomic E-state index is 0. The average molecular weight is 549 g/mol. The van der Waals surface area contributed by atoms with Crippen LogP contribution in [0.25, 0.3) is 0 Å². The van der Waals surface area contributed by atoms with Crippen LogP contribution in [-0.4, -0.2) is 44.3 Å². The van der Waals surface area contributed by atoms with Crippen molar-refractivity contribution in [3.8, 4) is 23.0 Å². The summed E-state index contributed by atoms with van der Waals surface area (Å²) in [5.74, 6) is -10.2. The first-order valence-corrected chi connectivity index (χ1v) is 6.84. The van der Waals surface area contributed by atoms with Gasteiger partial charge in [0.15, 0.2) is 0 Å². The van der Waals surface area contributed by atoms with E-state index in [1.807, 2.05) is 0 Å². The second kappa shape index (κ2) is 19.2. The molecule has 12 nitrogen and oxygen atoms in total. The van der Waals surface area contributed by atoms with Gasteiger partial charge in [0.2, 0.25) is 0 Å². The summed E-state index contributed by atoms with van der Waals surface area (Å²) in [6.07, 6.45) is 0. The minimum atomic E-state index is -1.55. The monoisotopic (exact) mass is 548 g/mol. The maximum Gasteiger partial charge on any atom is 1.00 e. The first-order chi connectivity index (χ1) is 12.9. The van der Waals surface area contributed by atoms with Gasteiger partial charge in [-0.25, -0.2) is 19.2 Å². The molecule has 0 unspecified atom stereocenters. The molecular weight excluding hydrogens is 541 g/mol. The summed E-state index contributed by atoms with van der Waals surface area (Å²) in [6, 6.07) is 2.03. The second-order valence-electron chi connectivity index (χ2n) is 4.91. The van der Waals surface area contributed by atoms with Gasteiger partial charge in [0.1, 0.15) is 0 Å². The molecule has 0 bridgehead atoms. The van der Waals surface area contributed by atoms with Gasteiger partial charge in [-0.1, -0.05) is 47.3 Å². The van der Waals surface area contributed by atoms with Gasteiger partial charge < -0.3 is 40.9 Å². The number of aromatic carboxylic acids is 4. The molecule has 0 radical (unpaired) electrons. The third-order valence-electron chi connectivity index (χ3n) is 3.09. The predicted molar refractivity (Wildman–Crippen MR) is 78.5 cm³/mol. The molecule has 32 heavy (non-hydrogen) atoms. The number of rotatable bonds is 4. The molecule has 2 aromatic carbocycles. The first kappa shape index (κ1) is 41.2. The number of benzene rings is 2. The van der Waals surface area contributed by atoms with Crippen LogP contribution in [0.4, 0.5) is 0 Å². The Labute approximate surface area is 350 Å². The fourth-order valence-electron chi connectivity index (χ4n) is 1.79. The SMILES string of the molecule is O=C(O)c1cc([O-])c(C(=O)O)cc1[O-].O=C(O)c1cc([O-])c(C(=O)O)cc1[O-].[K+].[K+].[K+].[K+]. The Hall–Kier alpha value is 2.07. The van der Waals surface area contributed by atoms with Crippen LogP contribution in [0.5, 0.6) is 23.0 Å². The average Bonchev–Trinajstić information content (AvgIpc) is 2.57. The van der Waals surface area contributed by atoms with E-state index in [9.17, 15) is 39.6 Å². The molecule has 0 amide bonds. The maximum atomic E-state index is 11.0. The fourth-order valence-corrected chi connectivity index (χ4v) is 1.79. The van der Waals surface area contributed by atoms with Gasteiger partial charge in [0.05, 0.1) is 22.3 Å². The van der Waals surface area contributed by atoms with Gasteiger partial charge in [0, 0.05) is 0 Å². The summed E-state index contributed by atoms with van der Waals surface area (Å²) in [7, 11) is 0. The van der Waals surface area contributed by atoms with Gasteiger partial charge in [-0.3, -0.25) is 0 Å². The molecule has 2 rings (SSSR count). The van der Waals surface area contributed by atoms with Crippen molar-refractivity contribution in [2.24, 2.45) is 0 Å². The number of carboxylic acid groups (broad SMARTS) is 4. The van der Waals surface area contributed by atoms with E-state index in [2.05, 4.69) is 0 Å². The quantitative estimate of drug-likeness (QED) is 0.260. The van der Waals surface area contributed by atoms with Crippen molar-refractivity contribution in [3.05, 3.63) is 46.5 Å². The van der Waals surface area contributed by atoms with Gasteiger partial charge in [-0.15, -0.1) is 0 Å². The van der Waals surface area contributed by atoms with Gasteiger partial charge in [-0.05, 0) is 0 Å². The Morgan fingerprint density at radius 1 is 0.438 bits per heavy atom. The Kier molecular flexibility index (Phi) is 24.7. The summed E-state index contributed by atoms with van der Waals surface area (Å²) in [4.78, 5) is 41.5. The molecule has 0 atom stereocenters. The predicted octanol–water partition coefficient (Wildman–Crippen LogP) is -13.5. The molecular formula is C16H8K4O12. The molecule has 0 heterocycles. The maximum absolute atomic E-state index is 11.0. The first-order valence-electron chi connectivity index (χ1n) is 6.84. The minimum Gasteiger partial charge on any atom is -0.872 e. The Morgan fingerprint density at radius 2 is 0.562 bits per heavy atom. The summed E-state index contributed by atoms with van der Waals surface area (Å²) in [6.45, 7) is 0.